The molecule has 0 fully saturated rings. The predicted molar refractivity (Wildman–Crippen MR) is 285 cm³/mol. The number of aromatic nitrogens is 2. The number of thiophene rings is 1. The molecule has 5 heteroatoms. The van der Waals surface area contributed by atoms with E-state index in [2.05, 4.69) is 215 Å². The van der Waals surface area contributed by atoms with E-state index in [0.717, 1.165) is 44.6 Å². The van der Waals surface area contributed by atoms with Crippen LogP contribution in [0.1, 0.15) is 30.9 Å². The summed E-state index contributed by atoms with van der Waals surface area (Å²) < 4.78 is 11.9. The van der Waals surface area contributed by atoms with Gasteiger partial charge in [0.05, 0.1) is 8.07 Å². The van der Waals surface area contributed by atoms with Gasteiger partial charge in [-0.3, -0.25) is 0 Å². The van der Waals surface area contributed by atoms with E-state index in [1.165, 1.54) is 64.1 Å². The number of pyridine rings is 2. The van der Waals surface area contributed by atoms with Gasteiger partial charge in [-0.25, -0.2) is 0 Å². The molecule has 0 aliphatic heterocycles. The molecule has 8 aromatic carbocycles. The first-order valence-electron chi connectivity index (χ1n) is 23.0. The SMILES string of the molecule is [2H]C(C)(c1ccc(C)cc1)c1cc(-c2[c-]ccc(-c3ccccc3)c2)ncc1[Si](C)(C)C.[Ir].[c-]1ccc2c(sc3cc(-c4cccc(-c5ccccc5)c4)ccc32)c1-c1cc2ccccc2cn1. The molecule has 0 saturated heterocycles. The molecule has 1 atom stereocenters. The number of rotatable bonds is 8. The number of fused-ring (bicyclic) bond motifs is 4. The zero-order valence-electron chi connectivity index (χ0n) is 39.3. The van der Waals surface area contributed by atoms with E-state index in [4.69, 9.17) is 9.97 Å². The average Bonchev–Trinajstić information content (AvgIpc) is 3.75. The first-order valence-corrected chi connectivity index (χ1v) is 26.8. The zero-order chi connectivity index (χ0) is 46.1. The second-order valence-electron chi connectivity index (χ2n) is 18.0. The first kappa shape index (κ1) is 44.3. The van der Waals surface area contributed by atoms with Crippen molar-refractivity contribution in [2.24, 2.45) is 0 Å². The quantitative estimate of drug-likeness (QED) is 0.112. The minimum Gasteiger partial charge on any atom is -0.305 e. The van der Waals surface area contributed by atoms with Crippen LogP contribution in [0.4, 0.5) is 0 Å². The summed E-state index contributed by atoms with van der Waals surface area (Å²) in [5.41, 5.74) is 14.4. The van der Waals surface area contributed by atoms with E-state index in [9.17, 15) is 1.37 Å². The Labute approximate surface area is 414 Å². The molecule has 3 aromatic heterocycles. The molecule has 0 N–H and O–H groups in total. The molecule has 2 nitrogen and oxygen atoms in total. The molecule has 11 aromatic rings. The van der Waals surface area contributed by atoms with Crippen molar-refractivity contribution in [1.29, 1.82) is 0 Å². The van der Waals surface area contributed by atoms with E-state index >= 15 is 0 Å². The van der Waals surface area contributed by atoms with Crippen LogP contribution >= 0.6 is 11.3 Å². The summed E-state index contributed by atoms with van der Waals surface area (Å²) in [6, 6.07) is 74.8. The van der Waals surface area contributed by atoms with Crippen LogP contribution in [0.25, 0.3) is 86.8 Å². The maximum Gasteiger partial charge on any atom is 0.0799 e. The zero-order valence-corrected chi connectivity index (χ0v) is 42.5. The molecule has 329 valence electrons. The number of nitrogens with zero attached hydrogens (tertiary/aromatic N) is 2. The molecule has 0 bridgehead atoms. The van der Waals surface area contributed by atoms with Crippen LogP contribution in [0, 0.1) is 19.1 Å². The fourth-order valence-corrected chi connectivity index (χ4v) is 11.5. The van der Waals surface area contributed by atoms with E-state index in [0.29, 0.717) is 0 Å². The van der Waals surface area contributed by atoms with Crippen molar-refractivity contribution in [2.45, 2.75) is 39.4 Å². The van der Waals surface area contributed by atoms with Gasteiger partial charge >= 0.3 is 0 Å². The Bertz CT molecular complexity index is 3540. The van der Waals surface area contributed by atoms with Crippen molar-refractivity contribution in [3.05, 3.63) is 235 Å². The van der Waals surface area contributed by atoms with Gasteiger partial charge in [0.15, 0.2) is 0 Å². The topological polar surface area (TPSA) is 25.8 Å². The maximum atomic E-state index is 9.42. The maximum absolute atomic E-state index is 9.42. The van der Waals surface area contributed by atoms with Gasteiger partial charge in [-0.1, -0.05) is 189 Å². The van der Waals surface area contributed by atoms with E-state index in [-0.39, 0.29) is 20.1 Å². The molecule has 3 heterocycles. The van der Waals surface area contributed by atoms with Crippen molar-refractivity contribution in [3.8, 4) is 55.9 Å². The van der Waals surface area contributed by atoms with Crippen LogP contribution in [-0.4, -0.2) is 18.0 Å². The molecule has 0 saturated carbocycles. The summed E-state index contributed by atoms with van der Waals surface area (Å²) in [5.74, 6) is -0.863. The third-order valence-corrected chi connectivity index (χ3v) is 15.6. The predicted octanol–water partition coefficient (Wildman–Crippen LogP) is 16.6. The van der Waals surface area contributed by atoms with Crippen molar-refractivity contribution in [1.82, 2.24) is 9.97 Å². The summed E-state index contributed by atoms with van der Waals surface area (Å²) in [5, 5.41) is 6.13. The molecule has 0 amide bonds. The van der Waals surface area contributed by atoms with E-state index in [1.54, 1.807) is 0 Å². The molecular formula is C62H50IrN2SSi-2. The van der Waals surface area contributed by atoms with Crippen LogP contribution in [0.2, 0.25) is 19.6 Å². The number of aryl methyl sites for hydroxylation is 1. The molecule has 0 aliphatic carbocycles. The molecule has 11 rings (SSSR count). The van der Waals surface area contributed by atoms with E-state index in [1.807, 2.05) is 48.9 Å². The standard InChI is InChI=1S/C33H20NS.C29H30NSi.Ir/c1-2-8-22(9-3-1)23-12-6-13-24(18-23)26-16-17-28-29-14-7-15-30(33(29)35-32(28)20-26)31-19-25-10-4-5-11-27(25)21-34-31;1-21-14-16-23(17-15-21)22(2)27-19-28(30-20-29(27)31(3,4)5)26-13-9-12-25(18-26)24-10-7-6-8-11-24;/h1-14,16-21H;6-12,14-20,22H,1-5H3;/q2*-1;/i;22D;. The van der Waals surface area contributed by atoms with Crippen molar-refractivity contribution in [2.75, 3.05) is 0 Å². The molecule has 0 spiro atoms. The molecule has 1 radical (unpaired) electrons. The van der Waals surface area contributed by atoms with Crippen LogP contribution < -0.4 is 5.19 Å². The van der Waals surface area contributed by atoms with Gasteiger partial charge in [0, 0.05) is 44.5 Å². The number of hydrogen-bond acceptors (Lipinski definition) is 3. The monoisotopic (exact) mass is 1080 g/mol. The molecule has 67 heavy (non-hydrogen) atoms. The number of benzene rings is 8. The molecular weight excluding hydrogens is 1030 g/mol. The van der Waals surface area contributed by atoms with Crippen molar-refractivity contribution >= 4 is 55.5 Å². The average molecular weight is 1080 g/mol. The fraction of sp³-hybridized carbons (Fsp3) is 0.0968. The van der Waals surface area contributed by atoms with Crippen LogP contribution in [0.3, 0.4) is 0 Å². The Morgan fingerprint density at radius 1 is 0.537 bits per heavy atom. The van der Waals surface area contributed by atoms with Gasteiger partial charge in [0.25, 0.3) is 0 Å². The summed E-state index contributed by atoms with van der Waals surface area (Å²) >= 11 is 1.83. The van der Waals surface area contributed by atoms with Gasteiger partial charge in [-0.05, 0) is 95.4 Å². The summed E-state index contributed by atoms with van der Waals surface area (Å²) in [4.78, 5) is 9.63. The molecule has 1 unspecified atom stereocenters. The summed E-state index contributed by atoms with van der Waals surface area (Å²) in [7, 11) is -1.71. The smallest absolute Gasteiger partial charge is 0.0799 e. The fourth-order valence-electron chi connectivity index (χ4n) is 8.73. The Morgan fingerprint density at radius 2 is 1.15 bits per heavy atom. The third kappa shape index (κ3) is 9.79. The van der Waals surface area contributed by atoms with Crippen LogP contribution in [0.15, 0.2) is 207 Å². The van der Waals surface area contributed by atoms with Crippen LogP contribution in [0.5, 0.6) is 0 Å². The van der Waals surface area contributed by atoms with Crippen molar-refractivity contribution in [3.63, 3.8) is 0 Å². The third-order valence-electron chi connectivity index (χ3n) is 12.4. The normalized spacial score (nSPS) is 12.5. The summed E-state index contributed by atoms with van der Waals surface area (Å²) in [6.45, 7) is 11.0. The number of hydrogen-bond donors (Lipinski definition) is 0. The van der Waals surface area contributed by atoms with E-state index < -0.39 is 14.0 Å². The summed E-state index contributed by atoms with van der Waals surface area (Å²) in [6.07, 6.45) is 3.98. The Hall–Kier alpha value is -6.59. The second-order valence-corrected chi connectivity index (χ2v) is 24.1. The minimum absolute atomic E-state index is 0. The Balaban J connectivity index is 0.000000168. The van der Waals surface area contributed by atoms with Crippen molar-refractivity contribution < 1.29 is 21.5 Å². The van der Waals surface area contributed by atoms with Crippen LogP contribution in [-0.2, 0) is 20.1 Å². The van der Waals surface area contributed by atoms with Gasteiger partial charge in [0.1, 0.15) is 0 Å². The van der Waals surface area contributed by atoms with Gasteiger partial charge in [-0.2, -0.15) is 11.3 Å². The first-order chi connectivity index (χ1) is 32.5. The Morgan fingerprint density at radius 3 is 1.87 bits per heavy atom. The van der Waals surface area contributed by atoms with Gasteiger partial charge < -0.3 is 9.97 Å². The largest absolute Gasteiger partial charge is 0.305 e. The molecule has 0 aliphatic rings. The van der Waals surface area contributed by atoms with Gasteiger partial charge in [0.2, 0.25) is 0 Å². The Kier molecular flexibility index (Phi) is 13.0. The minimum atomic E-state index is -1.71. The van der Waals surface area contributed by atoms with Gasteiger partial charge in [-0.15, -0.1) is 59.2 Å². The second kappa shape index (κ2) is 19.7.